The Hall–Kier alpha value is -3.16. The molecule has 0 N–H and O–H groups in total. The number of aromatic nitrogens is 4. The molecule has 0 aliphatic rings. The minimum atomic E-state index is -0.276. The fourth-order valence-electron chi connectivity index (χ4n) is 3.63. The number of aryl methyl sites for hydroxylation is 2. The van der Waals surface area contributed by atoms with E-state index in [2.05, 4.69) is 5.10 Å². The van der Waals surface area contributed by atoms with Crippen molar-refractivity contribution in [2.75, 3.05) is 0 Å². The van der Waals surface area contributed by atoms with Crippen LogP contribution in [0.2, 0.25) is 5.02 Å². The van der Waals surface area contributed by atoms with Crippen molar-refractivity contribution in [2.24, 2.45) is 0 Å². The summed E-state index contributed by atoms with van der Waals surface area (Å²) in [6, 6.07) is 19.1. The van der Waals surface area contributed by atoms with E-state index in [1.165, 1.54) is 20.4 Å². The highest BCUT2D eigenvalue weighted by molar-refractivity contribution is 7.17. The van der Waals surface area contributed by atoms with E-state index in [1.54, 1.807) is 22.8 Å². The molecule has 0 fully saturated rings. The van der Waals surface area contributed by atoms with Gasteiger partial charge in [0, 0.05) is 11.6 Å². The third-order valence-electron chi connectivity index (χ3n) is 5.08. The first-order valence-electron chi connectivity index (χ1n) is 9.50. The summed E-state index contributed by atoms with van der Waals surface area (Å²) in [6.07, 6.45) is 0.669. The lowest BCUT2D eigenvalue weighted by Crippen LogP contribution is -2.26. The Morgan fingerprint density at radius 3 is 2.57 bits per heavy atom. The van der Waals surface area contributed by atoms with Crippen LogP contribution in [0.1, 0.15) is 11.1 Å². The molecule has 0 aliphatic heterocycles. The van der Waals surface area contributed by atoms with Crippen LogP contribution in [0.3, 0.4) is 0 Å². The summed E-state index contributed by atoms with van der Waals surface area (Å²) in [6.45, 7) is 0.716. The number of fused-ring (bicyclic) bond motifs is 3. The number of thiophene rings is 1. The Labute approximate surface area is 180 Å². The van der Waals surface area contributed by atoms with E-state index < -0.39 is 0 Å². The van der Waals surface area contributed by atoms with Crippen LogP contribution in [0.25, 0.3) is 16.0 Å². The molecule has 5 rings (SSSR count). The summed E-state index contributed by atoms with van der Waals surface area (Å²) in [7, 11) is 0. The van der Waals surface area contributed by atoms with Crippen molar-refractivity contribution in [3.63, 3.8) is 0 Å². The molecule has 150 valence electrons. The van der Waals surface area contributed by atoms with Gasteiger partial charge in [-0.05, 0) is 41.1 Å². The number of hydrogen-bond acceptors (Lipinski definition) is 4. The highest BCUT2D eigenvalue weighted by Crippen LogP contribution is 2.18. The number of nitrogens with zero attached hydrogens (tertiary/aromatic N) is 4. The van der Waals surface area contributed by atoms with Crippen LogP contribution in [-0.4, -0.2) is 18.7 Å². The van der Waals surface area contributed by atoms with E-state index in [4.69, 9.17) is 11.6 Å². The fraction of sp³-hybridized carbons (Fsp3) is 0.136. The Morgan fingerprint density at radius 1 is 0.967 bits per heavy atom. The van der Waals surface area contributed by atoms with Crippen molar-refractivity contribution in [2.45, 2.75) is 19.5 Å². The first-order valence-corrected chi connectivity index (χ1v) is 10.8. The number of rotatable bonds is 5. The van der Waals surface area contributed by atoms with Crippen LogP contribution < -0.4 is 11.2 Å². The van der Waals surface area contributed by atoms with Crippen LogP contribution in [0.15, 0.2) is 75.6 Å². The molecule has 0 spiro atoms. The van der Waals surface area contributed by atoms with Crippen molar-refractivity contribution in [3.05, 3.63) is 103 Å². The molecular weight excluding hydrogens is 420 g/mol. The predicted molar refractivity (Wildman–Crippen MR) is 120 cm³/mol. The Kier molecular flexibility index (Phi) is 4.77. The zero-order valence-corrected chi connectivity index (χ0v) is 17.4. The SMILES string of the molecule is O=c1c2sccc2n2c(=O)n(Cc3cccc(Cl)c3)nc2n1CCc1ccccc1. The zero-order chi connectivity index (χ0) is 20.7. The quantitative estimate of drug-likeness (QED) is 0.421. The molecule has 0 unspecified atom stereocenters. The Morgan fingerprint density at radius 2 is 1.77 bits per heavy atom. The average molecular weight is 437 g/mol. The van der Waals surface area contributed by atoms with Gasteiger partial charge in [-0.25, -0.2) is 13.9 Å². The molecule has 0 saturated carbocycles. The average Bonchev–Trinajstić information content (AvgIpc) is 3.34. The molecule has 0 aliphatic carbocycles. The van der Waals surface area contributed by atoms with E-state index in [-0.39, 0.29) is 17.8 Å². The van der Waals surface area contributed by atoms with E-state index in [9.17, 15) is 9.59 Å². The van der Waals surface area contributed by atoms with Gasteiger partial charge in [-0.3, -0.25) is 9.36 Å². The number of benzene rings is 2. The summed E-state index contributed by atoms with van der Waals surface area (Å²) in [5.74, 6) is 0.355. The van der Waals surface area contributed by atoms with E-state index >= 15 is 0 Å². The summed E-state index contributed by atoms with van der Waals surface area (Å²) in [4.78, 5) is 26.3. The normalized spacial score (nSPS) is 11.5. The second-order valence-corrected chi connectivity index (χ2v) is 8.39. The molecule has 3 aromatic heterocycles. The van der Waals surface area contributed by atoms with E-state index in [0.29, 0.717) is 34.0 Å². The van der Waals surface area contributed by atoms with Crippen molar-refractivity contribution < 1.29 is 0 Å². The number of hydrogen-bond donors (Lipinski definition) is 0. The van der Waals surface area contributed by atoms with Crippen molar-refractivity contribution >= 4 is 38.9 Å². The van der Waals surface area contributed by atoms with Gasteiger partial charge in [0.15, 0.2) is 0 Å². The summed E-state index contributed by atoms with van der Waals surface area (Å²) in [5, 5.41) is 6.96. The molecule has 0 saturated heterocycles. The highest BCUT2D eigenvalue weighted by atomic mass is 35.5. The van der Waals surface area contributed by atoms with Gasteiger partial charge in [0.2, 0.25) is 5.78 Å². The van der Waals surface area contributed by atoms with Crippen molar-refractivity contribution in [1.82, 2.24) is 18.7 Å². The smallest absolute Gasteiger partial charge is 0.275 e. The van der Waals surface area contributed by atoms with Gasteiger partial charge in [0.1, 0.15) is 4.70 Å². The maximum Gasteiger partial charge on any atom is 0.352 e. The van der Waals surface area contributed by atoms with Gasteiger partial charge in [-0.1, -0.05) is 54.1 Å². The summed E-state index contributed by atoms with van der Waals surface area (Å²) >= 11 is 7.42. The van der Waals surface area contributed by atoms with Crippen molar-refractivity contribution in [3.8, 4) is 0 Å². The predicted octanol–water partition coefficient (Wildman–Crippen LogP) is 3.82. The van der Waals surface area contributed by atoms with Crippen molar-refractivity contribution in [1.29, 1.82) is 0 Å². The van der Waals surface area contributed by atoms with Gasteiger partial charge < -0.3 is 0 Å². The maximum absolute atomic E-state index is 13.2. The Balaban J connectivity index is 1.66. The van der Waals surface area contributed by atoms with Gasteiger partial charge in [-0.2, -0.15) is 0 Å². The first kappa shape index (κ1) is 18.8. The monoisotopic (exact) mass is 436 g/mol. The van der Waals surface area contributed by atoms with Gasteiger partial charge >= 0.3 is 5.69 Å². The first-order chi connectivity index (χ1) is 14.6. The second-order valence-electron chi connectivity index (χ2n) is 7.03. The molecule has 8 heteroatoms. The lowest BCUT2D eigenvalue weighted by atomic mass is 10.1. The third kappa shape index (κ3) is 3.26. The lowest BCUT2D eigenvalue weighted by Gasteiger charge is -2.08. The zero-order valence-electron chi connectivity index (χ0n) is 15.9. The topological polar surface area (TPSA) is 61.3 Å². The minimum Gasteiger partial charge on any atom is -0.275 e. The second kappa shape index (κ2) is 7.59. The summed E-state index contributed by atoms with van der Waals surface area (Å²) in [5.41, 5.74) is 2.19. The van der Waals surface area contributed by atoms with Gasteiger partial charge in [-0.15, -0.1) is 16.4 Å². The van der Waals surface area contributed by atoms with E-state index in [1.807, 2.05) is 47.8 Å². The van der Waals surface area contributed by atoms with Crippen LogP contribution in [-0.2, 0) is 19.5 Å². The minimum absolute atomic E-state index is 0.122. The fourth-order valence-corrected chi connectivity index (χ4v) is 4.67. The van der Waals surface area contributed by atoms with E-state index in [0.717, 1.165) is 11.1 Å². The largest absolute Gasteiger partial charge is 0.352 e. The number of halogens is 1. The molecular formula is C22H17ClN4O2S. The van der Waals surface area contributed by atoms with Crippen LogP contribution in [0, 0.1) is 0 Å². The molecule has 5 aromatic rings. The third-order valence-corrected chi connectivity index (χ3v) is 6.20. The molecule has 6 nitrogen and oxygen atoms in total. The molecule has 0 radical (unpaired) electrons. The molecule has 2 aromatic carbocycles. The standard InChI is InChI=1S/C22H17ClN4O2S/c23-17-8-4-7-16(13-17)14-26-22(29)27-18-10-12-30-19(18)20(28)25(21(27)24-26)11-9-15-5-2-1-3-6-15/h1-8,10,12-13H,9,11,14H2. The van der Waals surface area contributed by atoms with Gasteiger partial charge in [0.25, 0.3) is 5.56 Å². The molecule has 0 amide bonds. The van der Waals surface area contributed by atoms with Crippen LogP contribution in [0.4, 0.5) is 0 Å². The maximum atomic E-state index is 13.2. The van der Waals surface area contributed by atoms with Crippen LogP contribution in [0.5, 0.6) is 0 Å². The highest BCUT2D eigenvalue weighted by Gasteiger charge is 2.18. The molecule has 3 heterocycles. The molecule has 0 bridgehead atoms. The van der Waals surface area contributed by atoms with Gasteiger partial charge in [0.05, 0.1) is 12.1 Å². The Bertz CT molecular complexity index is 1480. The molecule has 30 heavy (non-hydrogen) atoms. The molecule has 0 atom stereocenters. The summed E-state index contributed by atoms with van der Waals surface area (Å²) < 4.78 is 5.07. The van der Waals surface area contributed by atoms with Crippen LogP contribution >= 0.6 is 22.9 Å². The lowest BCUT2D eigenvalue weighted by molar-refractivity contribution is 0.645.